The van der Waals surface area contributed by atoms with Gasteiger partial charge in [-0.3, -0.25) is 10.1 Å². The van der Waals surface area contributed by atoms with Gasteiger partial charge in [0.25, 0.3) is 0 Å². The number of rotatable bonds is 3. The number of amides is 2. The quantitative estimate of drug-likeness (QED) is 0.751. The third-order valence-corrected chi connectivity index (χ3v) is 2.31. The molecule has 0 fully saturated rings. The zero-order chi connectivity index (χ0) is 12.1. The van der Waals surface area contributed by atoms with Gasteiger partial charge < -0.3 is 10.6 Å². The molecular formula is C11H13N5O. The first-order valence-corrected chi connectivity index (χ1v) is 5.22. The maximum Gasteiger partial charge on any atom is 0.319 e. The highest BCUT2D eigenvalue weighted by Crippen LogP contribution is 2.10. The van der Waals surface area contributed by atoms with Crippen molar-refractivity contribution in [2.45, 2.75) is 13.0 Å². The molecule has 1 atom stereocenters. The fourth-order valence-corrected chi connectivity index (χ4v) is 1.42. The summed E-state index contributed by atoms with van der Waals surface area (Å²) < 4.78 is 0. The van der Waals surface area contributed by atoms with Crippen LogP contribution in [0.5, 0.6) is 0 Å². The summed E-state index contributed by atoms with van der Waals surface area (Å²) >= 11 is 0. The third kappa shape index (κ3) is 3.04. The maximum atomic E-state index is 11.6. The van der Waals surface area contributed by atoms with Gasteiger partial charge in [-0.1, -0.05) is 0 Å². The minimum atomic E-state index is -0.268. The Hall–Kier alpha value is -2.37. The second-order valence-electron chi connectivity index (χ2n) is 3.59. The lowest BCUT2D eigenvalue weighted by molar-refractivity contribution is 0.249. The number of aromatic nitrogens is 3. The minimum absolute atomic E-state index is 0.0788. The van der Waals surface area contributed by atoms with Crippen LogP contribution in [0.2, 0.25) is 0 Å². The molecule has 2 rings (SSSR count). The van der Waals surface area contributed by atoms with Crippen LogP contribution in [0, 0.1) is 0 Å². The van der Waals surface area contributed by atoms with Crippen molar-refractivity contribution in [2.24, 2.45) is 0 Å². The van der Waals surface area contributed by atoms with E-state index in [1.807, 2.05) is 19.1 Å². The van der Waals surface area contributed by atoms with Crippen LogP contribution in [0.3, 0.4) is 0 Å². The van der Waals surface area contributed by atoms with Crippen molar-refractivity contribution in [2.75, 3.05) is 5.32 Å². The van der Waals surface area contributed by atoms with E-state index in [0.29, 0.717) is 5.69 Å². The van der Waals surface area contributed by atoms with Gasteiger partial charge in [0.15, 0.2) is 0 Å². The zero-order valence-corrected chi connectivity index (χ0v) is 9.34. The molecule has 0 aliphatic heterocycles. The molecule has 0 saturated heterocycles. The first kappa shape index (κ1) is 11.1. The molecule has 17 heavy (non-hydrogen) atoms. The lowest BCUT2D eigenvalue weighted by Crippen LogP contribution is -2.31. The van der Waals surface area contributed by atoms with Crippen LogP contribution in [-0.4, -0.2) is 21.2 Å². The van der Waals surface area contributed by atoms with Gasteiger partial charge >= 0.3 is 6.03 Å². The molecule has 0 bridgehead atoms. The molecule has 6 heteroatoms. The Kier molecular flexibility index (Phi) is 3.34. The van der Waals surface area contributed by atoms with Crippen molar-refractivity contribution >= 4 is 11.7 Å². The van der Waals surface area contributed by atoms with E-state index < -0.39 is 0 Å². The second-order valence-corrected chi connectivity index (χ2v) is 3.59. The van der Waals surface area contributed by atoms with Crippen molar-refractivity contribution in [1.82, 2.24) is 20.5 Å². The summed E-state index contributed by atoms with van der Waals surface area (Å²) in [5.41, 5.74) is 1.63. The highest BCUT2D eigenvalue weighted by molar-refractivity contribution is 5.89. The molecule has 88 valence electrons. The zero-order valence-electron chi connectivity index (χ0n) is 9.34. The maximum absolute atomic E-state index is 11.6. The van der Waals surface area contributed by atoms with E-state index in [-0.39, 0.29) is 12.1 Å². The summed E-state index contributed by atoms with van der Waals surface area (Å²) in [4.78, 5) is 15.5. The molecule has 0 radical (unpaired) electrons. The van der Waals surface area contributed by atoms with Gasteiger partial charge in [-0.25, -0.2) is 4.79 Å². The molecule has 0 aromatic carbocycles. The standard InChI is InChI=1S/C11H13N5O/c1-8(9-2-4-12-5-3-9)15-11(17)16-10-6-13-14-7-10/h2-8H,1H3,(H,13,14)(H2,15,16,17)/t8-/m1/s1. The molecule has 0 unspecified atom stereocenters. The van der Waals surface area contributed by atoms with Crippen LogP contribution < -0.4 is 10.6 Å². The number of hydrogen-bond acceptors (Lipinski definition) is 3. The van der Waals surface area contributed by atoms with Gasteiger partial charge in [-0.05, 0) is 24.6 Å². The van der Waals surface area contributed by atoms with Crippen LogP contribution >= 0.6 is 0 Å². The predicted octanol–water partition coefficient (Wildman–Crippen LogP) is 1.69. The molecule has 2 aromatic rings. The monoisotopic (exact) mass is 231 g/mol. The van der Waals surface area contributed by atoms with E-state index in [1.165, 1.54) is 6.20 Å². The first-order chi connectivity index (χ1) is 8.25. The van der Waals surface area contributed by atoms with Gasteiger partial charge in [0.05, 0.1) is 17.9 Å². The molecule has 0 spiro atoms. The Morgan fingerprint density at radius 2 is 2.18 bits per heavy atom. The number of anilines is 1. The number of aromatic amines is 1. The lowest BCUT2D eigenvalue weighted by Gasteiger charge is -2.14. The SMILES string of the molecule is C[C@@H](NC(=O)Nc1cn[nH]c1)c1ccncc1. The second kappa shape index (κ2) is 5.11. The largest absolute Gasteiger partial charge is 0.331 e. The van der Waals surface area contributed by atoms with Gasteiger partial charge in [0, 0.05) is 18.6 Å². The van der Waals surface area contributed by atoms with Crippen LogP contribution in [0.4, 0.5) is 10.5 Å². The summed E-state index contributed by atoms with van der Waals surface area (Å²) in [5, 5.41) is 11.8. The van der Waals surface area contributed by atoms with Gasteiger partial charge in [0.1, 0.15) is 0 Å². The van der Waals surface area contributed by atoms with Crippen LogP contribution in [0.15, 0.2) is 36.9 Å². The number of carbonyl (C=O) groups is 1. The molecule has 2 amide bonds. The molecule has 0 aliphatic rings. The Bertz CT molecular complexity index is 468. The molecular weight excluding hydrogens is 218 g/mol. The first-order valence-electron chi connectivity index (χ1n) is 5.22. The average molecular weight is 231 g/mol. The lowest BCUT2D eigenvalue weighted by atomic mass is 10.1. The van der Waals surface area contributed by atoms with Crippen molar-refractivity contribution in [1.29, 1.82) is 0 Å². The highest BCUT2D eigenvalue weighted by atomic mass is 16.2. The van der Waals surface area contributed by atoms with Gasteiger partial charge in [-0.2, -0.15) is 5.10 Å². The Morgan fingerprint density at radius 1 is 1.41 bits per heavy atom. The predicted molar refractivity (Wildman–Crippen MR) is 63.4 cm³/mol. The number of urea groups is 1. The molecule has 2 aromatic heterocycles. The number of carbonyl (C=O) groups excluding carboxylic acids is 1. The number of nitrogens with one attached hydrogen (secondary N) is 3. The fraction of sp³-hybridized carbons (Fsp3) is 0.182. The smallest absolute Gasteiger partial charge is 0.319 e. The summed E-state index contributed by atoms with van der Waals surface area (Å²) in [6.07, 6.45) is 6.54. The number of H-pyrrole nitrogens is 1. The van der Waals surface area contributed by atoms with Crippen LogP contribution in [0.25, 0.3) is 0 Å². The molecule has 3 N–H and O–H groups in total. The third-order valence-electron chi connectivity index (χ3n) is 2.31. The normalized spacial score (nSPS) is 11.8. The number of pyridine rings is 1. The van der Waals surface area contributed by atoms with Crippen LogP contribution in [0.1, 0.15) is 18.5 Å². The van der Waals surface area contributed by atoms with Crippen molar-refractivity contribution in [3.63, 3.8) is 0 Å². The number of hydrogen-bond donors (Lipinski definition) is 3. The average Bonchev–Trinajstić information content (AvgIpc) is 2.82. The van der Waals surface area contributed by atoms with Crippen molar-refractivity contribution in [3.05, 3.63) is 42.5 Å². The highest BCUT2D eigenvalue weighted by Gasteiger charge is 2.09. The van der Waals surface area contributed by atoms with Gasteiger partial charge in [-0.15, -0.1) is 0 Å². The van der Waals surface area contributed by atoms with E-state index in [4.69, 9.17) is 0 Å². The summed E-state index contributed by atoms with van der Waals surface area (Å²) in [6, 6.07) is 3.38. The van der Waals surface area contributed by atoms with E-state index in [0.717, 1.165) is 5.56 Å². The minimum Gasteiger partial charge on any atom is -0.331 e. The molecule has 6 nitrogen and oxygen atoms in total. The number of nitrogens with zero attached hydrogens (tertiary/aromatic N) is 2. The van der Waals surface area contributed by atoms with Crippen molar-refractivity contribution < 1.29 is 4.79 Å². The fourth-order valence-electron chi connectivity index (χ4n) is 1.42. The molecule has 0 saturated carbocycles. The Labute approximate surface area is 98.5 Å². The van der Waals surface area contributed by atoms with E-state index in [1.54, 1.807) is 18.6 Å². The van der Waals surface area contributed by atoms with E-state index in [9.17, 15) is 4.79 Å². The Morgan fingerprint density at radius 3 is 2.82 bits per heavy atom. The summed E-state index contributed by atoms with van der Waals surface area (Å²) in [6.45, 7) is 1.91. The van der Waals surface area contributed by atoms with E-state index >= 15 is 0 Å². The van der Waals surface area contributed by atoms with Gasteiger partial charge in [0.2, 0.25) is 0 Å². The topological polar surface area (TPSA) is 82.7 Å². The van der Waals surface area contributed by atoms with E-state index in [2.05, 4.69) is 25.8 Å². The molecule has 0 aliphatic carbocycles. The van der Waals surface area contributed by atoms with Crippen molar-refractivity contribution in [3.8, 4) is 0 Å². The summed E-state index contributed by atoms with van der Waals surface area (Å²) in [5.74, 6) is 0. The van der Waals surface area contributed by atoms with Crippen LogP contribution in [-0.2, 0) is 0 Å². The Balaban J connectivity index is 1.91. The molecule has 2 heterocycles. The summed E-state index contributed by atoms with van der Waals surface area (Å²) in [7, 11) is 0.